The van der Waals surface area contributed by atoms with Crippen molar-refractivity contribution in [2.24, 2.45) is 0 Å². The molecular formula is C15H13ClN2O3S2. The van der Waals surface area contributed by atoms with E-state index in [4.69, 9.17) is 11.6 Å². The normalized spacial score (nSPS) is 17.5. The van der Waals surface area contributed by atoms with Gasteiger partial charge in [-0.15, -0.1) is 23.1 Å². The van der Waals surface area contributed by atoms with Crippen LogP contribution in [0.5, 0.6) is 0 Å². The van der Waals surface area contributed by atoms with Crippen molar-refractivity contribution in [3.63, 3.8) is 0 Å². The summed E-state index contributed by atoms with van der Waals surface area (Å²) in [5.74, 6) is 0.647. The molecule has 1 saturated heterocycles. The van der Waals surface area contributed by atoms with Crippen molar-refractivity contribution in [3.8, 4) is 0 Å². The van der Waals surface area contributed by atoms with Gasteiger partial charge in [0.15, 0.2) is 0 Å². The number of nitro benzene ring substituents is 1. The third-order valence-electron chi connectivity index (χ3n) is 3.55. The van der Waals surface area contributed by atoms with E-state index < -0.39 is 4.92 Å². The zero-order valence-corrected chi connectivity index (χ0v) is 14.6. The Morgan fingerprint density at radius 2 is 2.17 bits per heavy atom. The van der Waals surface area contributed by atoms with Gasteiger partial charge in [0.25, 0.3) is 11.6 Å². The molecule has 0 bridgehead atoms. The molecule has 5 nitrogen and oxygen atoms in total. The summed E-state index contributed by atoms with van der Waals surface area (Å²) in [5.41, 5.74) is 0.0507. The SMILES string of the molecule is Cc1ccc([C@H]2SCCN2C(=O)c2ccc(Cl)c([N+](=O)[O-])c2)s1. The number of rotatable bonds is 3. The van der Waals surface area contributed by atoms with Crippen LogP contribution in [-0.2, 0) is 0 Å². The predicted octanol–water partition coefficient (Wildman–Crippen LogP) is 4.51. The summed E-state index contributed by atoms with van der Waals surface area (Å²) in [7, 11) is 0. The molecule has 2 heterocycles. The second kappa shape index (κ2) is 6.51. The Balaban J connectivity index is 1.90. The molecule has 0 radical (unpaired) electrons. The van der Waals surface area contributed by atoms with Gasteiger partial charge in [0.2, 0.25) is 0 Å². The predicted molar refractivity (Wildman–Crippen MR) is 93.4 cm³/mol. The number of thioether (sulfide) groups is 1. The minimum atomic E-state index is -0.571. The number of nitro groups is 1. The number of hydrogen-bond acceptors (Lipinski definition) is 5. The standard InChI is InChI=1S/C15H13ClN2O3S2/c1-9-2-5-13(23-9)15-17(6-7-22-15)14(19)10-3-4-11(16)12(8-10)18(20)21/h2-5,8,15H,6-7H2,1H3/t15-/m1/s1. The van der Waals surface area contributed by atoms with Crippen LogP contribution in [0.1, 0.15) is 25.5 Å². The quantitative estimate of drug-likeness (QED) is 0.590. The Kier molecular flexibility index (Phi) is 4.61. The Bertz CT molecular complexity index is 778. The third kappa shape index (κ3) is 3.22. The van der Waals surface area contributed by atoms with Crippen molar-refractivity contribution in [2.45, 2.75) is 12.3 Å². The van der Waals surface area contributed by atoms with E-state index in [0.29, 0.717) is 12.1 Å². The zero-order valence-electron chi connectivity index (χ0n) is 12.2. The molecule has 1 atom stereocenters. The topological polar surface area (TPSA) is 63.5 Å². The van der Waals surface area contributed by atoms with Crippen molar-refractivity contribution in [1.29, 1.82) is 0 Å². The van der Waals surface area contributed by atoms with Crippen molar-refractivity contribution in [2.75, 3.05) is 12.3 Å². The fourth-order valence-corrected chi connectivity index (χ4v) is 5.01. The third-order valence-corrected chi connectivity index (χ3v) is 6.31. The van der Waals surface area contributed by atoms with Gasteiger partial charge >= 0.3 is 0 Å². The second-order valence-electron chi connectivity index (χ2n) is 5.09. The molecule has 23 heavy (non-hydrogen) atoms. The Morgan fingerprint density at radius 1 is 1.39 bits per heavy atom. The first-order valence-corrected chi connectivity index (χ1v) is 9.14. The molecule has 0 saturated carbocycles. The number of benzene rings is 1. The highest BCUT2D eigenvalue weighted by atomic mass is 35.5. The fraction of sp³-hybridized carbons (Fsp3) is 0.267. The van der Waals surface area contributed by atoms with Gasteiger partial charge in [-0.25, -0.2) is 0 Å². The zero-order chi connectivity index (χ0) is 16.6. The van der Waals surface area contributed by atoms with Crippen LogP contribution in [-0.4, -0.2) is 28.0 Å². The van der Waals surface area contributed by atoms with Crippen LogP contribution in [0.4, 0.5) is 5.69 Å². The molecule has 1 aromatic heterocycles. The lowest BCUT2D eigenvalue weighted by Crippen LogP contribution is -2.30. The Labute approximate surface area is 146 Å². The largest absolute Gasteiger partial charge is 0.321 e. The van der Waals surface area contributed by atoms with Crippen LogP contribution < -0.4 is 0 Å². The maximum atomic E-state index is 12.8. The van der Waals surface area contributed by atoms with E-state index in [1.54, 1.807) is 28.0 Å². The van der Waals surface area contributed by atoms with Gasteiger partial charge in [0.05, 0.1) is 4.92 Å². The van der Waals surface area contributed by atoms with Gasteiger partial charge in [-0.2, -0.15) is 0 Å². The monoisotopic (exact) mass is 368 g/mol. The lowest BCUT2D eigenvalue weighted by molar-refractivity contribution is -0.384. The van der Waals surface area contributed by atoms with E-state index in [0.717, 1.165) is 10.6 Å². The molecule has 1 aliphatic rings. The van der Waals surface area contributed by atoms with E-state index in [2.05, 4.69) is 0 Å². The summed E-state index contributed by atoms with van der Waals surface area (Å²) in [5, 5.41) is 11.0. The number of carbonyl (C=O) groups excluding carboxylic acids is 1. The lowest BCUT2D eigenvalue weighted by atomic mass is 10.1. The van der Waals surface area contributed by atoms with E-state index >= 15 is 0 Å². The molecular weight excluding hydrogens is 356 g/mol. The first-order chi connectivity index (χ1) is 11.0. The van der Waals surface area contributed by atoms with Crippen molar-refractivity contribution in [3.05, 3.63) is 60.8 Å². The van der Waals surface area contributed by atoms with Crippen LogP contribution in [0, 0.1) is 17.0 Å². The highest BCUT2D eigenvalue weighted by molar-refractivity contribution is 7.99. The molecule has 0 unspecified atom stereocenters. The molecule has 0 N–H and O–H groups in total. The first kappa shape index (κ1) is 16.3. The number of amides is 1. The maximum Gasteiger partial charge on any atom is 0.288 e. The van der Waals surface area contributed by atoms with Crippen molar-refractivity contribution in [1.82, 2.24) is 4.90 Å². The summed E-state index contributed by atoms with van der Waals surface area (Å²) in [6.45, 7) is 2.66. The van der Waals surface area contributed by atoms with Crippen LogP contribution >= 0.6 is 34.7 Å². The van der Waals surface area contributed by atoms with Crippen molar-refractivity contribution >= 4 is 46.3 Å². The fourth-order valence-electron chi connectivity index (χ4n) is 2.45. The lowest BCUT2D eigenvalue weighted by Gasteiger charge is -2.23. The highest BCUT2D eigenvalue weighted by Crippen LogP contribution is 2.41. The minimum absolute atomic E-state index is 0.0315. The highest BCUT2D eigenvalue weighted by Gasteiger charge is 2.32. The molecule has 1 aromatic carbocycles. The summed E-state index contributed by atoms with van der Waals surface area (Å²) < 4.78 is 0. The molecule has 1 amide bonds. The van der Waals surface area contributed by atoms with E-state index in [1.807, 2.05) is 19.1 Å². The summed E-state index contributed by atoms with van der Waals surface area (Å²) in [6.07, 6.45) is 0. The number of hydrogen-bond donors (Lipinski definition) is 0. The van der Waals surface area contributed by atoms with Gasteiger partial charge in [-0.05, 0) is 31.2 Å². The van der Waals surface area contributed by atoms with Crippen LogP contribution in [0.25, 0.3) is 0 Å². The minimum Gasteiger partial charge on any atom is -0.321 e. The number of aryl methyl sites for hydroxylation is 1. The van der Waals surface area contributed by atoms with Crippen LogP contribution in [0.15, 0.2) is 30.3 Å². The Hall–Kier alpha value is -1.57. The molecule has 0 aliphatic carbocycles. The summed E-state index contributed by atoms with van der Waals surface area (Å²) in [6, 6.07) is 8.27. The molecule has 1 fully saturated rings. The van der Waals surface area contributed by atoms with Gasteiger partial charge < -0.3 is 4.90 Å². The number of carbonyl (C=O) groups is 1. The van der Waals surface area contributed by atoms with E-state index in [9.17, 15) is 14.9 Å². The van der Waals surface area contributed by atoms with Gasteiger partial charge in [-0.1, -0.05) is 11.6 Å². The molecule has 1 aliphatic heterocycles. The maximum absolute atomic E-state index is 12.8. The molecule has 120 valence electrons. The van der Waals surface area contributed by atoms with E-state index in [1.165, 1.54) is 23.1 Å². The molecule has 2 aromatic rings. The van der Waals surface area contributed by atoms with Gasteiger partial charge in [0, 0.05) is 33.7 Å². The molecule has 0 spiro atoms. The van der Waals surface area contributed by atoms with E-state index in [-0.39, 0.29) is 22.0 Å². The average molecular weight is 369 g/mol. The number of nitrogens with zero attached hydrogens (tertiary/aromatic N) is 2. The van der Waals surface area contributed by atoms with Crippen LogP contribution in [0.3, 0.4) is 0 Å². The number of thiophene rings is 1. The van der Waals surface area contributed by atoms with Gasteiger partial charge in [0.1, 0.15) is 10.4 Å². The van der Waals surface area contributed by atoms with Crippen molar-refractivity contribution < 1.29 is 9.72 Å². The molecule has 8 heteroatoms. The Morgan fingerprint density at radius 3 is 2.83 bits per heavy atom. The summed E-state index contributed by atoms with van der Waals surface area (Å²) in [4.78, 5) is 27.3. The molecule has 3 rings (SSSR count). The van der Waals surface area contributed by atoms with Gasteiger partial charge in [-0.3, -0.25) is 14.9 Å². The second-order valence-corrected chi connectivity index (χ2v) is 8.01. The summed E-state index contributed by atoms with van der Waals surface area (Å²) >= 11 is 9.19. The smallest absolute Gasteiger partial charge is 0.288 e. The van der Waals surface area contributed by atoms with Crippen LogP contribution in [0.2, 0.25) is 5.02 Å². The number of halogens is 1. The first-order valence-electron chi connectivity index (χ1n) is 6.90. The average Bonchev–Trinajstić information content (AvgIpc) is 3.15.